The first-order valence-electron chi connectivity index (χ1n) is 41.1. The Morgan fingerprint density at radius 2 is 0.469 bits per heavy atom. The first-order chi connectivity index (χ1) is 47.5. The molecule has 0 spiro atoms. The summed E-state index contributed by atoms with van der Waals surface area (Å²) in [5.41, 5.74) is 0. The van der Waals surface area contributed by atoms with E-state index in [0.29, 0.717) is 25.7 Å². The maximum atomic E-state index is 13.1. The first-order valence-corrected chi connectivity index (χ1v) is 44.1. The number of rotatable bonds is 79. The van der Waals surface area contributed by atoms with Gasteiger partial charge in [0.1, 0.15) is 19.3 Å². The smallest absolute Gasteiger partial charge is 0.462 e. The summed E-state index contributed by atoms with van der Waals surface area (Å²) < 4.78 is 68.7. The van der Waals surface area contributed by atoms with Crippen LogP contribution >= 0.6 is 15.6 Å². The molecule has 0 fully saturated rings. The molecule has 2 unspecified atom stereocenters. The largest absolute Gasteiger partial charge is 0.472 e. The van der Waals surface area contributed by atoms with Gasteiger partial charge in [-0.15, -0.1) is 0 Å². The molecule has 0 aliphatic carbocycles. The van der Waals surface area contributed by atoms with Crippen molar-refractivity contribution < 1.29 is 80.2 Å². The van der Waals surface area contributed by atoms with Gasteiger partial charge in [0, 0.05) is 25.7 Å². The number of carbonyl (C=O) groups excluding carboxylic acids is 4. The van der Waals surface area contributed by atoms with E-state index in [9.17, 15) is 43.2 Å². The van der Waals surface area contributed by atoms with Crippen molar-refractivity contribution in [3.63, 3.8) is 0 Å². The lowest BCUT2D eigenvalue weighted by Gasteiger charge is -2.21. The predicted molar refractivity (Wildman–Crippen MR) is 400 cm³/mol. The molecule has 0 aliphatic heterocycles. The van der Waals surface area contributed by atoms with Crippen LogP contribution in [0.1, 0.15) is 420 Å². The molecule has 17 nitrogen and oxygen atoms in total. The average molecular weight is 1440 g/mol. The second kappa shape index (κ2) is 72.0. The molecule has 5 atom stereocenters. The summed E-state index contributed by atoms with van der Waals surface area (Å²) in [6.07, 6.45) is 62.3. The summed E-state index contributed by atoms with van der Waals surface area (Å²) in [5, 5.41) is 10.6. The van der Waals surface area contributed by atoms with Crippen molar-refractivity contribution in [1.29, 1.82) is 0 Å². The van der Waals surface area contributed by atoms with Crippen molar-refractivity contribution in [2.75, 3.05) is 39.6 Å². The Kier molecular flexibility index (Phi) is 70.6. The number of aliphatic hydroxyl groups excluding tert-OH is 1. The lowest BCUT2D eigenvalue weighted by molar-refractivity contribution is -0.161. The number of phosphoric ester groups is 2. The van der Waals surface area contributed by atoms with Crippen LogP contribution in [-0.4, -0.2) is 96.7 Å². The van der Waals surface area contributed by atoms with Crippen molar-refractivity contribution >= 4 is 39.5 Å². The molecule has 3 N–H and O–H groups in total. The Hall–Kier alpha value is -1.94. The molecule has 0 aromatic heterocycles. The third kappa shape index (κ3) is 72.4. The van der Waals surface area contributed by atoms with Crippen molar-refractivity contribution in [1.82, 2.24) is 0 Å². The van der Waals surface area contributed by atoms with E-state index in [0.717, 1.165) is 95.8 Å². The van der Waals surface area contributed by atoms with Gasteiger partial charge in [-0.25, -0.2) is 9.13 Å². The summed E-state index contributed by atoms with van der Waals surface area (Å²) in [7, 11) is -9.91. The van der Waals surface area contributed by atoms with Gasteiger partial charge in [-0.3, -0.25) is 37.3 Å². The number of phosphoric acid groups is 2. The van der Waals surface area contributed by atoms with Gasteiger partial charge in [0.15, 0.2) is 12.2 Å². The van der Waals surface area contributed by atoms with Crippen LogP contribution in [0.3, 0.4) is 0 Å². The third-order valence-electron chi connectivity index (χ3n) is 18.5. The van der Waals surface area contributed by atoms with E-state index >= 15 is 0 Å². The average Bonchev–Trinajstić information content (AvgIpc) is 0.991. The molecule has 0 radical (unpaired) electrons. The van der Waals surface area contributed by atoms with Crippen molar-refractivity contribution in [3.05, 3.63) is 0 Å². The standard InChI is InChI=1S/C79H154O17P2/c1-6-9-12-15-18-21-24-26-28-29-30-32-34-40-45-50-55-60-65-79(84)96-75(69-90-77(82)63-58-53-48-43-38-36-35-37-41-46-51-56-61-72(4)5)71-94-98(87,88)92-67-73(80)66-91-97(85,86)93-70-74(68-89-76(81)62-57-52-47-42-23-20-17-14-11-8-3)95-78(83)64-59-54-49-44-39-33-31-27-25-22-19-16-13-10-7-2/h72-75,80H,6-71H2,1-5H3,(H,85,86)(H,87,88)/t73-,74+,75+/m0/s1. The number of aliphatic hydroxyl groups is 1. The minimum absolute atomic E-state index is 0.109. The first kappa shape index (κ1) is 96.1. The summed E-state index contributed by atoms with van der Waals surface area (Å²) in [5.74, 6) is -1.33. The van der Waals surface area contributed by atoms with Gasteiger partial charge in [0.25, 0.3) is 0 Å². The van der Waals surface area contributed by atoms with Crippen molar-refractivity contribution in [2.45, 2.75) is 438 Å². The van der Waals surface area contributed by atoms with Gasteiger partial charge in [-0.05, 0) is 31.6 Å². The minimum Gasteiger partial charge on any atom is -0.462 e. The van der Waals surface area contributed by atoms with Crippen molar-refractivity contribution in [2.24, 2.45) is 5.92 Å². The predicted octanol–water partition coefficient (Wildman–Crippen LogP) is 23.6. The Morgan fingerprint density at radius 3 is 0.694 bits per heavy atom. The molecule has 19 heteroatoms. The van der Waals surface area contributed by atoms with E-state index in [4.69, 9.17) is 37.0 Å². The number of hydrogen-bond donors (Lipinski definition) is 3. The van der Waals surface area contributed by atoms with Crippen LogP contribution in [0.4, 0.5) is 0 Å². The molecule has 0 rings (SSSR count). The SMILES string of the molecule is CCCCCCCCCCCCCCCCCCCCC(=O)O[C@H](COC(=O)CCCCCCCCCCCCCCC(C)C)COP(=O)(O)OC[C@@H](O)COP(=O)(O)OC[C@@H](COC(=O)CCCCCCCCCCCC)OC(=O)CCCCCCCCCCCCCCCCC. The van der Waals surface area contributed by atoms with E-state index < -0.39 is 97.5 Å². The molecule has 0 saturated heterocycles. The molecular weight excluding hydrogens is 1280 g/mol. The lowest BCUT2D eigenvalue weighted by Crippen LogP contribution is -2.30. The second-order valence-corrected chi connectivity index (χ2v) is 31.8. The van der Waals surface area contributed by atoms with Crippen LogP contribution < -0.4 is 0 Å². The van der Waals surface area contributed by atoms with Crippen LogP contribution in [0.25, 0.3) is 0 Å². The summed E-state index contributed by atoms with van der Waals surface area (Å²) in [6.45, 7) is 7.33. The van der Waals surface area contributed by atoms with E-state index in [1.807, 2.05) is 0 Å². The molecule has 0 saturated carbocycles. The molecule has 0 amide bonds. The van der Waals surface area contributed by atoms with Gasteiger partial charge < -0.3 is 33.8 Å². The highest BCUT2D eigenvalue weighted by Gasteiger charge is 2.30. The lowest BCUT2D eigenvalue weighted by atomic mass is 10.0. The van der Waals surface area contributed by atoms with Gasteiger partial charge in [-0.2, -0.15) is 0 Å². The van der Waals surface area contributed by atoms with Crippen LogP contribution in [0.15, 0.2) is 0 Å². The molecule has 582 valence electrons. The Balaban J connectivity index is 5.24. The van der Waals surface area contributed by atoms with Crippen LogP contribution in [0.5, 0.6) is 0 Å². The topological polar surface area (TPSA) is 237 Å². The maximum Gasteiger partial charge on any atom is 0.472 e. The summed E-state index contributed by atoms with van der Waals surface area (Å²) in [6, 6.07) is 0. The Labute approximate surface area is 600 Å². The maximum absolute atomic E-state index is 13.1. The zero-order valence-corrected chi connectivity index (χ0v) is 65.7. The van der Waals surface area contributed by atoms with Crippen LogP contribution in [0, 0.1) is 5.92 Å². The van der Waals surface area contributed by atoms with E-state index in [-0.39, 0.29) is 25.7 Å². The summed E-state index contributed by atoms with van der Waals surface area (Å²) in [4.78, 5) is 72.9. The van der Waals surface area contributed by atoms with Gasteiger partial charge >= 0.3 is 39.5 Å². The minimum atomic E-state index is -4.96. The van der Waals surface area contributed by atoms with E-state index in [1.54, 1.807) is 0 Å². The molecule has 0 heterocycles. The number of carbonyl (C=O) groups is 4. The second-order valence-electron chi connectivity index (χ2n) is 28.9. The highest BCUT2D eigenvalue weighted by molar-refractivity contribution is 7.47. The van der Waals surface area contributed by atoms with Gasteiger partial charge in [0.2, 0.25) is 0 Å². The fourth-order valence-electron chi connectivity index (χ4n) is 12.2. The van der Waals surface area contributed by atoms with Crippen molar-refractivity contribution in [3.8, 4) is 0 Å². The van der Waals surface area contributed by atoms with E-state index in [2.05, 4.69) is 34.6 Å². The molecule has 0 aliphatic rings. The number of ether oxygens (including phenoxy) is 4. The number of hydrogen-bond acceptors (Lipinski definition) is 15. The normalized spacial score (nSPS) is 13.9. The fourth-order valence-corrected chi connectivity index (χ4v) is 13.8. The number of unbranched alkanes of at least 4 members (excludes halogenated alkanes) is 51. The van der Waals surface area contributed by atoms with Gasteiger partial charge in [0.05, 0.1) is 26.4 Å². The van der Waals surface area contributed by atoms with Gasteiger partial charge in [-0.1, -0.05) is 369 Å². The molecular formula is C79H154O17P2. The Bertz CT molecular complexity index is 1870. The Morgan fingerprint density at radius 1 is 0.276 bits per heavy atom. The summed E-state index contributed by atoms with van der Waals surface area (Å²) >= 11 is 0. The molecule has 0 bridgehead atoms. The fraction of sp³-hybridized carbons (Fsp3) is 0.949. The quantitative estimate of drug-likeness (QED) is 0.0222. The molecule has 98 heavy (non-hydrogen) atoms. The highest BCUT2D eigenvalue weighted by Crippen LogP contribution is 2.45. The number of esters is 4. The van der Waals surface area contributed by atoms with Crippen LogP contribution in [-0.2, 0) is 65.4 Å². The highest BCUT2D eigenvalue weighted by atomic mass is 31.2. The monoisotopic (exact) mass is 1440 g/mol. The zero-order chi connectivity index (χ0) is 71.9. The third-order valence-corrected chi connectivity index (χ3v) is 20.4. The zero-order valence-electron chi connectivity index (χ0n) is 63.9. The van der Waals surface area contributed by atoms with Crippen LogP contribution in [0.2, 0.25) is 0 Å². The molecule has 0 aromatic rings. The molecule has 0 aromatic carbocycles. The van der Waals surface area contributed by atoms with E-state index in [1.165, 1.54) is 244 Å².